The summed E-state index contributed by atoms with van der Waals surface area (Å²) >= 11 is 4.94. The van der Waals surface area contributed by atoms with Gasteiger partial charge in [-0.05, 0) is 43.5 Å². The minimum atomic E-state index is -0.557. The molecule has 0 aliphatic carbocycles. The standard InChI is InChI=1S/C20H19BrN4O3S/c1-4-27-15-7-5-6-12(17(15)26-2)18-22-14-9-8-11(21)10-13(14)16-19(28-18)23-20(29-3)25-24-16/h5-10,18,22H,4H2,1-3H3/t18-/m0/s1. The summed E-state index contributed by atoms with van der Waals surface area (Å²) in [4.78, 5) is 4.55. The topological polar surface area (TPSA) is 78.4 Å². The molecule has 0 amide bonds. The van der Waals surface area contributed by atoms with E-state index < -0.39 is 6.23 Å². The van der Waals surface area contributed by atoms with E-state index in [0.717, 1.165) is 21.3 Å². The number of anilines is 1. The van der Waals surface area contributed by atoms with Crippen molar-refractivity contribution in [2.24, 2.45) is 0 Å². The molecule has 9 heteroatoms. The highest BCUT2D eigenvalue weighted by atomic mass is 79.9. The molecule has 1 aliphatic rings. The van der Waals surface area contributed by atoms with Crippen molar-refractivity contribution in [1.29, 1.82) is 0 Å². The molecule has 1 N–H and O–H groups in total. The number of rotatable bonds is 5. The van der Waals surface area contributed by atoms with Gasteiger partial charge in [-0.3, -0.25) is 0 Å². The Morgan fingerprint density at radius 1 is 1.24 bits per heavy atom. The largest absolute Gasteiger partial charge is 0.492 e. The number of methoxy groups -OCH3 is 1. The lowest BCUT2D eigenvalue weighted by Gasteiger charge is -2.22. The second kappa shape index (κ2) is 8.46. The predicted molar refractivity (Wildman–Crippen MR) is 116 cm³/mol. The van der Waals surface area contributed by atoms with Crippen molar-refractivity contribution in [3.05, 3.63) is 46.4 Å². The minimum Gasteiger partial charge on any atom is -0.492 e. The maximum absolute atomic E-state index is 6.29. The SMILES string of the molecule is CCOc1cccc([C@H]2Nc3ccc(Br)cc3-c3nnc(SC)nc3O2)c1OC. The Kier molecular flexibility index (Phi) is 5.77. The van der Waals surface area contributed by atoms with Crippen LogP contribution in [0.3, 0.4) is 0 Å². The van der Waals surface area contributed by atoms with E-state index >= 15 is 0 Å². The molecular formula is C20H19BrN4O3S. The predicted octanol–water partition coefficient (Wildman–Crippen LogP) is 4.93. The molecule has 1 aromatic heterocycles. The molecule has 1 atom stereocenters. The first-order valence-corrected chi connectivity index (χ1v) is 11.0. The van der Waals surface area contributed by atoms with Crippen molar-refractivity contribution in [3.8, 4) is 28.6 Å². The van der Waals surface area contributed by atoms with Gasteiger partial charge in [0.15, 0.2) is 17.2 Å². The van der Waals surface area contributed by atoms with E-state index in [9.17, 15) is 0 Å². The second-order valence-corrected chi connectivity index (χ2v) is 7.79. The lowest BCUT2D eigenvalue weighted by atomic mass is 10.1. The van der Waals surface area contributed by atoms with Gasteiger partial charge in [0.05, 0.1) is 19.3 Å². The summed E-state index contributed by atoms with van der Waals surface area (Å²) in [5.74, 6) is 1.67. The zero-order valence-electron chi connectivity index (χ0n) is 16.1. The Bertz CT molecular complexity index is 1050. The van der Waals surface area contributed by atoms with Crippen molar-refractivity contribution in [1.82, 2.24) is 15.2 Å². The van der Waals surface area contributed by atoms with E-state index in [1.165, 1.54) is 11.8 Å². The number of benzene rings is 2. The molecule has 150 valence electrons. The van der Waals surface area contributed by atoms with Gasteiger partial charge in [0.25, 0.3) is 0 Å². The van der Waals surface area contributed by atoms with Gasteiger partial charge in [0, 0.05) is 15.7 Å². The van der Waals surface area contributed by atoms with Crippen LogP contribution in [0.2, 0.25) is 0 Å². The monoisotopic (exact) mass is 474 g/mol. The number of fused-ring (bicyclic) bond motifs is 3. The third-order valence-electron chi connectivity index (χ3n) is 4.37. The quantitative estimate of drug-likeness (QED) is 0.521. The summed E-state index contributed by atoms with van der Waals surface area (Å²) in [6.45, 7) is 2.47. The molecule has 0 radical (unpaired) electrons. The van der Waals surface area contributed by atoms with Gasteiger partial charge in [-0.2, -0.15) is 4.98 Å². The number of nitrogens with zero attached hydrogens (tertiary/aromatic N) is 3. The normalized spacial score (nSPS) is 14.7. The summed E-state index contributed by atoms with van der Waals surface area (Å²) in [5, 5.41) is 12.5. The first-order chi connectivity index (χ1) is 14.1. The molecule has 4 rings (SSSR count). The van der Waals surface area contributed by atoms with Crippen molar-refractivity contribution >= 4 is 33.4 Å². The highest BCUT2D eigenvalue weighted by molar-refractivity contribution is 9.10. The Balaban J connectivity index is 1.87. The number of thioether (sulfide) groups is 1. The fraction of sp³-hybridized carbons (Fsp3) is 0.250. The van der Waals surface area contributed by atoms with E-state index in [1.54, 1.807) is 7.11 Å². The molecule has 0 saturated carbocycles. The zero-order chi connectivity index (χ0) is 20.4. The molecular weight excluding hydrogens is 456 g/mol. The number of hydrogen-bond donors (Lipinski definition) is 1. The highest BCUT2D eigenvalue weighted by Crippen LogP contribution is 2.43. The lowest BCUT2D eigenvalue weighted by molar-refractivity contribution is 0.217. The van der Waals surface area contributed by atoms with Gasteiger partial charge in [-0.1, -0.05) is 33.8 Å². The zero-order valence-corrected chi connectivity index (χ0v) is 18.5. The van der Waals surface area contributed by atoms with E-state index in [4.69, 9.17) is 14.2 Å². The third-order valence-corrected chi connectivity index (χ3v) is 5.40. The molecule has 1 aliphatic heterocycles. The van der Waals surface area contributed by atoms with E-state index in [1.807, 2.05) is 49.6 Å². The summed E-state index contributed by atoms with van der Waals surface area (Å²) in [6, 6.07) is 11.6. The number of nitrogens with one attached hydrogen (secondary N) is 1. The molecule has 0 fully saturated rings. The first-order valence-electron chi connectivity index (χ1n) is 8.96. The molecule has 0 spiro atoms. The third kappa shape index (κ3) is 3.84. The van der Waals surface area contributed by atoms with Crippen LogP contribution in [0.5, 0.6) is 17.4 Å². The molecule has 29 heavy (non-hydrogen) atoms. The second-order valence-electron chi connectivity index (χ2n) is 6.10. The van der Waals surface area contributed by atoms with E-state index in [0.29, 0.717) is 34.8 Å². The summed E-state index contributed by atoms with van der Waals surface area (Å²) < 4.78 is 18.6. The van der Waals surface area contributed by atoms with E-state index in [2.05, 4.69) is 36.4 Å². The van der Waals surface area contributed by atoms with Crippen LogP contribution < -0.4 is 19.5 Å². The number of para-hydroxylation sites is 1. The smallest absolute Gasteiger partial charge is 0.247 e. The summed E-state index contributed by atoms with van der Waals surface area (Å²) in [6.07, 6.45) is 1.34. The van der Waals surface area contributed by atoms with Crippen LogP contribution in [0.15, 0.2) is 46.0 Å². The first kappa shape index (κ1) is 19.8. The van der Waals surface area contributed by atoms with Gasteiger partial charge in [0.2, 0.25) is 17.3 Å². The van der Waals surface area contributed by atoms with Crippen molar-refractivity contribution in [2.75, 3.05) is 25.3 Å². The minimum absolute atomic E-state index is 0.405. The molecule has 2 aromatic carbocycles. The molecule has 0 saturated heterocycles. The van der Waals surface area contributed by atoms with Crippen LogP contribution in [-0.4, -0.2) is 35.2 Å². The average molecular weight is 475 g/mol. The molecule has 0 bridgehead atoms. The van der Waals surface area contributed by atoms with Crippen LogP contribution in [0, 0.1) is 0 Å². The van der Waals surface area contributed by atoms with Gasteiger partial charge in [0.1, 0.15) is 0 Å². The van der Waals surface area contributed by atoms with E-state index in [-0.39, 0.29) is 0 Å². The average Bonchev–Trinajstić information content (AvgIpc) is 2.89. The van der Waals surface area contributed by atoms with Gasteiger partial charge < -0.3 is 19.5 Å². The molecule has 7 nitrogen and oxygen atoms in total. The Labute approximate surface area is 181 Å². The fourth-order valence-electron chi connectivity index (χ4n) is 3.12. The van der Waals surface area contributed by atoms with Crippen molar-refractivity contribution in [3.63, 3.8) is 0 Å². The van der Waals surface area contributed by atoms with Crippen molar-refractivity contribution < 1.29 is 14.2 Å². The highest BCUT2D eigenvalue weighted by Gasteiger charge is 2.29. The van der Waals surface area contributed by atoms with Crippen molar-refractivity contribution in [2.45, 2.75) is 18.3 Å². The fourth-order valence-corrected chi connectivity index (χ4v) is 3.78. The Hall–Kier alpha value is -2.52. The summed E-state index contributed by atoms with van der Waals surface area (Å²) in [5.41, 5.74) is 3.08. The Morgan fingerprint density at radius 2 is 2.10 bits per heavy atom. The number of hydrogen-bond acceptors (Lipinski definition) is 8. The van der Waals surface area contributed by atoms with Crippen LogP contribution in [0.1, 0.15) is 18.7 Å². The van der Waals surface area contributed by atoms with Gasteiger partial charge in [-0.15, -0.1) is 10.2 Å². The maximum Gasteiger partial charge on any atom is 0.247 e. The van der Waals surface area contributed by atoms with Crippen LogP contribution in [0.4, 0.5) is 5.69 Å². The molecule has 3 aromatic rings. The lowest BCUT2D eigenvalue weighted by Crippen LogP contribution is -2.18. The molecule has 0 unspecified atom stereocenters. The summed E-state index contributed by atoms with van der Waals surface area (Å²) in [7, 11) is 1.62. The van der Waals surface area contributed by atoms with Crippen LogP contribution >= 0.6 is 27.7 Å². The van der Waals surface area contributed by atoms with Crippen LogP contribution in [-0.2, 0) is 0 Å². The van der Waals surface area contributed by atoms with Gasteiger partial charge >= 0.3 is 0 Å². The van der Waals surface area contributed by atoms with Gasteiger partial charge in [-0.25, -0.2) is 0 Å². The number of halogens is 1. The van der Waals surface area contributed by atoms with Crippen LogP contribution in [0.25, 0.3) is 11.3 Å². The Morgan fingerprint density at radius 3 is 2.86 bits per heavy atom. The molecule has 2 heterocycles. The number of ether oxygens (including phenoxy) is 3. The number of aromatic nitrogens is 3. The maximum atomic E-state index is 6.29.